The molecule has 6 aromatic rings. The minimum atomic E-state index is -0.456. The van der Waals surface area contributed by atoms with Crippen LogP contribution < -0.4 is 0 Å². The topological polar surface area (TPSA) is 37.1 Å². The van der Waals surface area contributed by atoms with Crippen molar-refractivity contribution in [3.63, 3.8) is 0 Å². The van der Waals surface area contributed by atoms with E-state index in [4.69, 9.17) is 15.0 Å². The van der Waals surface area contributed by atoms with Gasteiger partial charge in [-0.25, -0.2) is 9.98 Å². The lowest BCUT2D eigenvalue weighted by atomic mass is 9.69. The highest BCUT2D eigenvalue weighted by Crippen LogP contribution is 2.63. The van der Waals surface area contributed by atoms with Crippen molar-refractivity contribution >= 4 is 17.4 Å². The van der Waals surface area contributed by atoms with Crippen LogP contribution in [-0.4, -0.2) is 23.9 Å². The first-order valence-corrected chi connectivity index (χ1v) is 16.7. The summed E-state index contributed by atoms with van der Waals surface area (Å²) in [4.78, 5) is 15.6. The van der Waals surface area contributed by atoms with Gasteiger partial charge in [0.2, 0.25) is 0 Å². The van der Waals surface area contributed by atoms with Crippen molar-refractivity contribution in [2.24, 2.45) is 15.0 Å². The fourth-order valence-electron chi connectivity index (χ4n) is 7.96. The Kier molecular flexibility index (Phi) is 6.35. The van der Waals surface area contributed by atoms with E-state index in [2.05, 4.69) is 142 Å². The molecular formula is C45H35N3. The summed E-state index contributed by atoms with van der Waals surface area (Å²) in [6.07, 6.45) is 0. The third-order valence-corrected chi connectivity index (χ3v) is 10.2. The number of hydrogen-bond acceptors (Lipinski definition) is 3. The Balaban J connectivity index is 1.35. The van der Waals surface area contributed by atoms with Gasteiger partial charge < -0.3 is 0 Å². The normalized spacial score (nSPS) is 17.4. The van der Waals surface area contributed by atoms with Gasteiger partial charge in [-0.3, -0.25) is 4.99 Å². The number of amidine groups is 2. The molecule has 0 amide bonds. The first-order valence-electron chi connectivity index (χ1n) is 16.7. The predicted octanol–water partition coefficient (Wildman–Crippen LogP) is 10.0. The summed E-state index contributed by atoms with van der Waals surface area (Å²) in [5.41, 5.74) is 15.2. The van der Waals surface area contributed by atoms with E-state index < -0.39 is 5.41 Å². The Labute approximate surface area is 282 Å². The van der Waals surface area contributed by atoms with E-state index in [1.807, 2.05) is 24.3 Å². The van der Waals surface area contributed by atoms with Crippen LogP contribution in [0.4, 0.5) is 0 Å². The molecule has 1 spiro atoms. The minimum Gasteiger partial charge on any atom is -0.260 e. The average Bonchev–Trinajstić information content (AvgIpc) is 3.47. The second-order valence-corrected chi connectivity index (χ2v) is 13.9. The van der Waals surface area contributed by atoms with Gasteiger partial charge in [0.25, 0.3) is 0 Å². The van der Waals surface area contributed by atoms with Crippen molar-refractivity contribution in [1.29, 1.82) is 0 Å². The molecule has 9 rings (SSSR count). The van der Waals surface area contributed by atoms with Gasteiger partial charge in [0.15, 0.2) is 11.7 Å². The molecule has 0 N–H and O–H groups in total. The number of aliphatic imine (C=N–C) groups is 3. The van der Waals surface area contributed by atoms with Crippen LogP contribution in [0.1, 0.15) is 65.3 Å². The number of rotatable bonds is 3. The third-order valence-electron chi connectivity index (χ3n) is 10.2. The highest BCUT2D eigenvalue weighted by Gasteiger charge is 2.52. The molecule has 3 aliphatic rings. The van der Waals surface area contributed by atoms with Crippen LogP contribution in [-0.2, 0) is 10.8 Å². The van der Waals surface area contributed by atoms with Crippen molar-refractivity contribution in [1.82, 2.24) is 0 Å². The van der Waals surface area contributed by atoms with Gasteiger partial charge >= 0.3 is 0 Å². The maximum Gasteiger partial charge on any atom is 0.162 e. The first-order chi connectivity index (χ1) is 23.4. The monoisotopic (exact) mass is 617 g/mol. The lowest BCUT2D eigenvalue weighted by molar-refractivity contribution is 0.588. The molecule has 0 saturated carbocycles. The summed E-state index contributed by atoms with van der Waals surface area (Å²) in [5, 5.41) is 0. The second kappa shape index (κ2) is 10.7. The van der Waals surface area contributed by atoms with Crippen molar-refractivity contribution < 1.29 is 0 Å². The molecule has 6 aromatic carbocycles. The number of benzene rings is 6. The van der Waals surface area contributed by atoms with Gasteiger partial charge in [0.1, 0.15) is 0 Å². The molecule has 1 unspecified atom stereocenters. The quantitative estimate of drug-likeness (QED) is 0.189. The van der Waals surface area contributed by atoms with E-state index in [0.29, 0.717) is 18.2 Å². The standard InChI is InChI=1S/C45H35N3/c1-44(2,3)31-25-26-33-32-19-10-12-22-36(32)45(39(33)27-31)37-23-13-11-20-34(37)41-35(21-14-24-38(41)45)43-47-40(29-15-6-4-7-16-29)28-46-42(48-43)30-17-8-5-9-18-30/h4-27H,28H2,1-3H3. The van der Waals surface area contributed by atoms with Gasteiger partial charge in [0, 0.05) is 11.1 Å². The lowest BCUT2D eigenvalue weighted by Crippen LogP contribution is -2.26. The Hall–Kier alpha value is -5.67. The van der Waals surface area contributed by atoms with Crippen LogP contribution in [0, 0.1) is 0 Å². The smallest absolute Gasteiger partial charge is 0.162 e. The number of nitrogens with zero attached hydrogens (tertiary/aromatic N) is 3. The van der Waals surface area contributed by atoms with Crippen LogP contribution in [0.3, 0.4) is 0 Å². The zero-order valence-electron chi connectivity index (χ0n) is 27.4. The molecular weight excluding hydrogens is 583 g/mol. The summed E-state index contributed by atoms with van der Waals surface area (Å²) in [6, 6.07) is 52.4. The maximum atomic E-state index is 5.34. The molecule has 0 saturated heterocycles. The Morgan fingerprint density at radius 1 is 0.479 bits per heavy atom. The SMILES string of the molecule is CC(C)(C)c1ccc2c(c1)C1(c3ccccc3-2)c2ccccc2-c2c(C3=NC(c4ccccc4)=NCC(c4ccccc4)=N3)cccc21. The van der Waals surface area contributed by atoms with Crippen molar-refractivity contribution in [3.8, 4) is 22.3 Å². The minimum absolute atomic E-state index is 0.0125. The third kappa shape index (κ3) is 4.17. The van der Waals surface area contributed by atoms with Crippen molar-refractivity contribution in [3.05, 3.63) is 190 Å². The fraction of sp³-hybridized carbons (Fsp3) is 0.133. The molecule has 1 heterocycles. The summed E-state index contributed by atoms with van der Waals surface area (Å²) in [7, 11) is 0. The molecule has 3 heteroatoms. The Morgan fingerprint density at radius 2 is 1.06 bits per heavy atom. The van der Waals surface area contributed by atoms with Crippen molar-refractivity contribution in [2.45, 2.75) is 31.6 Å². The van der Waals surface area contributed by atoms with Gasteiger partial charge in [-0.1, -0.05) is 166 Å². The summed E-state index contributed by atoms with van der Waals surface area (Å²) in [6.45, 7) is 7.36. The van der Waals surface area contributed by atoms with Crippen molar-refractivity contribution in [2.75, 3.05) is 6.54 Å². The fourth-order valence-corrected chi connectivity index (χ4v) is 7.96. The molecule has 1 aliphatic heterocycles. The van der Waals surface area contributed by atoms with Gasteiger partial charge in [0.05, 0.1) is 17.7 Å². The molecule has 2 aliphatic carbocycles. The van der Waals surface area contributed by atoms with E-state index >= 15 is 0 Å². The number of fused-ring (bicyclic) bond motifs is 10. The maximum absolute atomic E-state index is 5.34. The largest absolute Gasteiger partial charge is 0.260 e. The zero-order chi connectivity index (χ0) is 32.5. The summed E-state index contributed by atoms with van der Waals surface area (Å²) < 4.78 is 0. The van der Waals surface area contributed by atoms with E-state index in [9.17, 15) is 0 Å². The molecule has 48 heavy (non-hydrogen) atoms. The van der Waals surface area contributed by atoms with Crippen LogP contribution in [0.25, 0.3) is 22.3 Å². The average molecular weight is 618 g/mol. The van der Waals surface area contributed by atoms with Gasteiger partial charge in [-0.15, -0.1) is 0 Å². The highest BCUT2D eigenvalue weighted by molar-refractivity contribution is 6.22. The lowest BCUT2D eigenvalue weighted by Gasteiger charge is -2.31. The van der Waals surface area contributed by atoms with Crippen LogP contribution in [0.15, 0.2) is 161 Å². The molecule has 0 bridgehead atoms. The molecule has 0 radical (unpaired) electrons. The van der Waals surface area contributed by atoms with E-state index in [0.717, 1.165) is 22.4 Å². The summed E-state index contributed by atoms with van der Waals surface area (Å²) >= 11 is 0. The number of hydrogen-bond donors (Lipinski definition) is 0. The molecule has 0 fully saturated rings. The van der Waals surface area contributed by atoms with Gasteiger partial charge in [-0.05, 0) is 61.0 Å². The Bertz CT molecular complexity index is 2340. The molecule has 0 aromatic heterocycles. The highest BCUT2D eigenvalue weighted by atomic mass is 15.0. The Morgan fingerprint density at radius 3 is 1.79 bits per heavy atom. The second-order valence-electron chi connectivity index (χ2n) is 13.9. The molecule has 1 atom stereocenters. The van der Waals surface area contributed by atoms with E-state index in [1.165, 1.54) is 50.1 Å². The van der Waals surface area contributed by atoms with Crippen LogP contribution in [0.2, 0.25) is 0 Å². The first kappa shape index (κ1) is 28.5. The van der Waals surface area contributed by atoms with E-state index in [-0.39, 0.29) is 5.41 Å². The zero-order valence-corrected chi connectivity index (χ0v) is 27.4. The van der Waals surface area contributed by atoms with Crippen LogP contribution in [0.5, 0.6) is 0 Å². The van der Waals surface area contributed by atoms with Gasteiger partial charge in [-0.2, -0.15) is 0 Å². The van der Waals surface area contributed by atoms with Crippen LogP contribution >= 0.6 is 0 Å². The predicted molar refractivity (Wildman–Crippen MR) is 199 cm³/mol. The summed E-state index contributed by atoms with van der Waals surface area (Å²) in [5.74, 6) is 1.39. The molecule has 230 valence electrons. The molecule has 3 nitrogen and oxygen atoms in total. The van der Waals surface area contributed by atoms with E-state index in [1.54, 1.807) is 0 Å².